The van der Waals surface area contributed by atoms with Gasteiger partial charge < -0.3 is 15.2 Å². The van der Waals surface area contributed by atoms with Crippen LogP contribution in [-0.2, 0) is 6.42 Å². The van der Waals surface area contributed by atoms with E-state index in [1.165, 1.54) is 0 Å². The Morgan fingerprint density at radius 1 is 1.50 bits per heavy atom. The lowest BCUT2D eigenvalue weighted by atomic mass is 10.1. The minimum absolute atomic E-state index is 0.708. The third-order valence-electron chi connectivity index (χ3n) is 2.08. The van der Waals surface area contributed by atoms with Crippen molar-refractivity contribution in [1.29, 1.82) is 0 Å². The molecule has 0 aliphatic carbocycles. The molecule has 0 atom stereocenters. The summed E-state index contributed by atoms with van der Waals surface area (Å²) < 4.78 is 10.5. The number of ether oxygens (including phenoxy) is 2. The zero-order valence-electron chi connectivity index (χ0n) is 6.96. The second-order valence-electron chi connectivity index (χ2n) is 2.76. The van der Waals surface area contributed by atoms with Crippen molar-refractivity contribution in [2.24, 2.45) is 0 Å². The van der Waals surface area contributed by atoms with Crippen molar-refractivity contribution in [2.75, 3.05) is 19.5 Å². The molecular weight excluding hydrogens is 154 g/mol. The fourth-order valence-electron chi connectivity index (χ4n) is 1.45. The van der Waals surface area contributed by atoms with Crippen LogP contribution in [0.4, 0.5) is 5.69 Å². The molecule has 0 bridgehead atoms. The molecule has 12 heavy (non-hydrogen) atoms. The Balaban J connectivity index is 2.57. The fourth-order valence-corrected chi connectivity index (χ4v) is 1.45. The summed E-state index contributed by atoms with van der Waals surface area (Å²) in [4.78, 5) is 0. The number of anilines is 1. The predicted molar refractivity (Wildman–Crippen MR) is 46.6 cm³/mol. The topological polar surface area (TPSA) is 44.5 Å². The van der Waals surface area contributed by atoms with Crippen molar-refractivity contribution < 1.29 is 9.47 Å². The number of methoxy groups -OCH3 is 1. The van der Waals surface area contributed by atoms with Crippen LogP contribution in [0.1, 0.15) is 5.56 Å². The standard InChI is InChI=1S/C9H11NO2/c1-11-8-3-2-7(10)6-4-5-12-9(6)8/h2-3H,4-5,10H2,1H3. The Hall–Kier alpha value is -1.38. The highest BCUT2D eigenvalue weighted by Crippen LogP contribution is 2.38. The maximum Gasteiger partial charge on any atom is 0.166 e. The van der Waals surface area contributed by atoms with Gasteiger partial charge in [0, 0.05) is 17.7 Å². The van der Waals surface area contributed by atoms with Gasteiger partial charge in [-0.1, -0.05) is 0 Å². The SMILES string of the molecule is COc1ccc(N)c2c1OCC2. The lowest BCUT2D eigenvalue weighted by molar-refractivity contribution is 0.326. The van der Waals surface area contributed by atoms with Crippen LogP contribution in [0, 0.1) is 0 Å². The van der Waals surface area contributed by atoms with Crippen LogP contribution in [-0.4, -0.2) is 13.7 Å². The molecule has 1 heterocycles. The van der Waals surface area contributed by atoms with Crippen molar-refractivity contribution in [3.05, 3.63) is 17.7 Å². The second-order valence-corrected chi connectivity index (χ2v) is 2.76. The second kappa shape index (κ2) is 2.59. The van der Waals surface area contributed by atoms with Crippen LogP contribution < -0.4 is 15.2 Å². The molecule has 0 fully saturated rings. The normalized spacial score (nSPS) is 13.8. The molecule has 0 saturated carbocycles. The first-order valence-electron chi connectivity index (χ1n) is 3.91. The van der Waals surface area contributed by atoms with Crippen molar-refractivity contribution in [1.82, 2.24) is 0 Å². The number of benzene rings is 1. The van der Waals surface area contributed by atoms with E-state index in [2.05, 4.69) is 0 Å². The minimum atomic E-state index is 0.708. The highest BCUT2D eigenvalue weighted by Gasteiger charge is 2.19. The smallest absolute Gasteiger partial charge is 0.166 e. The van der Waals surface area contributed by atoms with Gasteiger partial charge >= 0.3 is 0 Å². The van der Waals surface area contributed by atoms with Gasteiger partial charge in [-0.05, 0) is 12.1 Å². The summed E-state index contributed by atoms with van der Waals surface area (Å²) in [5.74, 6) is 1.59. The molecular formula is C9H11NO2. The monoisotopic (exact) mass is 165 g/mol. The van der Waals surface area contributed by atoms with Gasteiger partial charge in [0.1, 0.15) is 0 Å². The van der Waals surface area contributed by atoms with E-state index in [-0.39, 0.29) is 0 Å². The summed E-state index contributed by atoms with van der Waals surface area (Å²) in [6.07, 6.45) is 0.887. The summed E-state index contributed by atoms with van der Waals surface area (Å²) in [7, 11) is 1.63. The van der Waals surface area contributed by atoms with Gasteiger partial charge in [-0.15, -0.1) is 0 Å². The van der Waals surface area contributed by atoms with Crippen LogP contribution in [0.3, 0.4) is 0 Å². The van der Waals surface area contributed by atoms with Gasteiger partial charge in [0.2, 0.25) is 0 Å². The number of nitrogens with two attached hydrogens (primary N) is 1. The highest BCUT2D eigenvalue weighted by molar-refractivity contribution is 5.61. The summed E-state index contributed by atoms with van der Waals surface area (Å²) in [6, 6.07) is 3.69. The van der Waals surface area contributed by atoms with E-state index in [0.717, 1.165) is 29.2 Å². The molecule has 1 aliphatic heterocycles. The van der Waals surface area contributed by atoms with Gasteiger partial charge in [0.15, 0.2) is 11.5 Å². The van der Waals surface area contributed by atoms with E-state index in [1.54, 1.807) is 7.11 Å². The third-order valence-corrected chi connectivity index (χ3v) is 2.08. The van der Waals surface area contributed by atoms with Gasteiger partial charge in [-0.2, -0.15) is 0 Å². The Morgan fingerprint density at radius 2 is 2.33 bits per heavy atom. The molecule has 0 aromatic heterocycles. The molecule has 3 nitrogen and oxygen atoms in total. The number of hydrogen-bond donors (Lipinski definition) is 1. The zero-order valence-corrected chi connectivity index (χ0v) is 6.96. The molecule has 2 rings (SSSR count). The van der Waals surface area contributed by atoms with E-state index in [0.29, 0.717) is 6.61 Å². The van der Waals surface area contributed by atoms with E-state index in [1.807, 2.05) is 12.1 Å². The Morgan fingerprint density at radius 3 is 3.08 bits per heavy atom. The third kappa shape index (κ3) is 0.897. The molecule has 2 N–H and O–H groups in total. The van der Waals surface area contributed by atoms with E-state index in [4.69, 9.17) is 15.2 Å². The van der Waals surface area contributed by atoms with Gasteiger partial charge in [-0.25, -0.2) is 0 Å². The predicted octanol–water partition coefficient (Wildman–Crippen LogP) is 1.21. The van der Waals surface area contributed by atoms with E-state index < -0.39 is 0 Å². The maximum absolute atomic E-state index is 5.76. The molecule has 1 aromatic rings. The van der Waals surface area contributed by atoms with Crippen LogP contribution in [0.25, 0.3) is 0 Å². The average molecular weight is 165 g/mol. The molecule has 0 spiro atoms. The quantitative estimate of drug-likeness (QED) is 0.636. The van der Waals surface area contributed by atoms with Crippen LogP contribution >= 0.6 is 0 Å². The number of hydrogen-bond acceptors (Lipinski definition) is 3. The van der Waals surface area contributed by atoms with Gasteiger partial charge in [0.25, 0.3) is 0 Å². The first kappa shape index (κ1) is 7.28. The molecule has 64 valence electrons. The summed E-state index contributed by atoms with van der Waals surface area (Å²) >= 11 is 0. The summed E-state index contributed by atoms with van der Waals surface area (Å²) in [5, 5.41) is 0. The maximum atomic E-state index is 5.76. The van der Waals surface area contributed by atoms with Crippen LogP contribution in [0.15, 0.2) is 12.1 Å². The van der Waals surface area contributed by atoms with Crippen molar-refractivity contribution in [2.45, 2.75) is 6.42 Å². The minimum Gasteiger partial charge on any atom is -0.493 e. The average Bonchev–Trinajstić information content (AvgIpc) is 2.54. The number of nitrogen functional groups attached to an aromatic ring is 1. The molecule has 0 unspecified atom stereocenters. The van der Waals surface area contributed by atoms with E-state index >= 15 is 0 Å². The molecule has 0 radical (unpaired) electrons. The Kier molecular flexibility index (Phi) is 1.57. The first-order valence-corrected chi connectivity index (χ1v) is 3.91. The molecule has 3 heteroatoms. The zero-order chi connectivity index (χ0) is 8.55. The van der Waals surface area contributed by atoms with Gasteiger partial charge in [0.05, 0.1) is 13.7 Å². The van der Waals surface area contributed by atoms with Crippen molar-refractivity contribution in [3.8, 4) is 11.5 Å². The summed E-state index contributed by atoms with van der Waals surface area (Å²) in [5.41, 5.74) is 7.63. The van der Waals surface area contributed by atoms with Crippen LogP contribution in [0.2, 0.25) is 0 Å². The van der Waals surface area contributed by atoms with Crippen LogP contribution in [0.5, 0.6) is 11.5 Å². The summed E-state index contributed by atoms with van der Waals surface area (Å²) in [6.45, 7) is 0.708. The molecule has 0 saturated heterocycles. The molecule has 1 aromatic carbocycles. The number of rotatable bonds is 1. The lowest BCUT2D eigenvalue weighted by Crippen LogP contribution is -1.92. The van der Waals surface area contributed by atoms with Crippen molar-refractivity contribution in [3.63, 3.8) is 0 Å². The molecule has 1 aliphatic rings. The largest absolute Gasteiger partial charge is 0.493 e. The van der Waals surface area contributed by atoms with E-state index in [9.17, 15) is 0 Å². The fraction of sp³-hybridized carbons (Fsp3) is 0.333. The Labute approximate surface area is 71.1 Å². The Bertz CT molecular complexity index is 310. The lowest BCUT2D eigenvalue weighted by Gasteiger charge is -2.07. The van der Waals surface area contributed by atoms with Crippen molar-refractivity contribution >= 4 is 5.69 Å². The highest BCUT2D eigenvalue weighted by atomic mass is 16.5. The number of fused-ring (bicyclic) bond motifs is 1. The first-order chi connectivity index (χ1) is 5.83. The molecule has 0 amide bonds. The van der Waals surface area contributed by atoms with Gasteiger partial charge in [-0.3, -0.25) is 0 Å².